The van der Waals surface area contributed by atoms with Gasteiger partial charge < -0.3 is 29.6 Å². The van der Waals surface area contributed by atoms with Gasteiger partial charge in [0.05, 0.1) is 13.2 Å². The van der Waals surface area contributed by atoms with Gasteiger partial charge in [-0.3, -0.25) is 0 Å². The second kappa shape index (κ2) is 7.39. The minimum Gasteiger partial charge on any atom is -0.497 e. The number of hydrogen-bond acceptors (Lipinski definition) is 5. The highest BCUT2D eigenvalue weighted by atomic mass is 32.1. The highest BCUT2D eigenvalue weighted by Gasteiger charge is 2.34. The van der Waals surface area contributed by atoms with Gasteiger partial charge in [0.1, 0.15) is 30.3 Å². The van der Waals surface area contributed by atoms with Gasteiger partial charge in [0.15, 0.2) is 16.6 Å². The van der Waals surface area contributed by atoms with Crippen molar-refractivity contribution in [1.82, 2.24) is 5.32 Å². The van der Waals surface area contributed by atoms with E-state index in [4.69, 9.17) is 31.2 Å². The van der Waals surface area contributed by atoms with Crippen molar-refractivity contribution in [3.8, 4) is 23.0 Å². The van der Waals surface area contributed by atoms with Gasteiger partial charge in [-0.05, 0) is 56.4 Å². The molecule has 0 aliphatic carbocycles. The van der Waals surface area contributed by atoms with Gasteiger partial charge in [0, 0.05) is 23.7 Å². The number of thiocarbonyl (C=S) groups is 1. The predicted octanol–water partition coefficient (Wildman–Crippen LogP) is 4.06. The van der Waals surface area contributed by atoms with Crippen LogP contribution in [0.15, 0.2) is 36.4 Å². The monoisotopic (exact) mass is 400 g/mol. The molecule has 2 aliphatic rings. The summed E-state index contributed by atoms with van der Waals surface area (Å²) in [6, 6.07) is 11.6. The van der Waals surface area contributed by atoms with E-state index in [0.29, 0.717) is 18.3 Å². The van der Waals surface area contributed by atoms with Gasteiger partial charge in [-0.25, -0.2) is 0 Å². The van der Waals surface area contributed by atoms with Crippen molar-refractivity contribution in [2.75, 3.05) is 25.6 Å². The first-order valence-corrected chi connectivity index (χ1v) is 9.68. The topological polar surface area (TPSA) is 61.0 Å². The van der Waals surface area contributed by atoms with Crippen LogP contribution in [0.25, 0.3) is 0 Å². The van der Waals surface area contributed by atoms with Crippen LogP contribution in [0.2, 0.25) is 0 Å². The van der Waals surface area contributed by atoms with Crippen LogP contribution in [0, 0.1) is 0 Å². The zero-order valence-electron chi connectivity index (χ0n) is 16.2. The molecular formula is C21H24N2O4S. The van der Waals surface area contributed by atoms with E-state index < -0.39 is 0 Å². The Morgan fingerprint density at radius 2 is 1.82 bits per heavy atom. The van der Waals surface area contributed by atoms with E-state index in [2.05, 4.69) is 24.5 Å². The molecule has 0 fully saturated rings. The first kappa shape index (κ1) is 18.7. The SMILES string of the molecule is COc1ccc2c(c1)[C@@H](NC(=S)Nc1ccc3c(c1)OCCO3)CC(C)(C)O2. The van der Waals surface area contributed by atoms with Crippen molar-refractivity contribution in [3.63, 3.8) is 0 Å². The van der Waals surface area contributed by atoms with E-state index in [9.17, 15) is 0 Å². The summed E-state index contributed by atoms with van der Waals surface area (Å²) >= 11 is 5.57. The van der Waals surface area contributed by atoms with Crippen LogP contribution >= 0.6 is 12.2 Å². The fourth-order valence-electron chi connectivity index (χ4n) is 3.53. The molecule has 0 amide bonds. The molecule has 0 aromatic heterocycles. The Kier molecular flexibility index (Phi) is 4.93. The molecule has 0 unspecified atom stereocenters. The number of hydrogen-bond donors (Lipinski definition) is 2. The van der Waals surface area contributed by atoms with E-state index in [1.165, 1.54) is 0 Å². The molecule has 6 nitrogen and oxygen atoms in total. The van der Waals surface area contributed by atoms with Crippen LogP contribution in [-0.4, -0.2) is 31.0 Å². The highest BCUT2D eigenvalue weighted by Crippen LogP contribution is 2.41. The minimum absolute atomic E-state index is 0.00561. The van der Waals surface area contributed by atoms with Crippen LogP contribution < -0.4 is 29.6 Å². The number of rotatable bonds is 3. The highest BCUT2D eigenvalue weighted by molar-refractivity contribution is 7.80. The second-order valence-corrected chi connectivity index (χ2v) is 7.89. The van der Waals surface area contributed by atoms with Gasteiger partial charge in [-0.2, -0.15) is 0 Å². The number of methoxy groups -OCH3 is 1. The summed E-state index contributed by atoms with van der Waals surface area (Å²) in [4.78, 5) is 0. The lowest BCUT2D eigenvalue weighted by atomic mass is 9.89. The van der Waals surface area contributed by atoms with Gasteiger partial charge in [-0.1, -0.05) is 0 Å². The third-order valence-corrected chi connectivity index (χ3v) is 5.00. The maximum Gasteiger partial charge on any atom is 0.171 e. The first-order chi connectivity index (χ1) is 13.4. The third kappa shape index (κ3) is 3.94. The van der Waals surface area contributed by atoms with E-state index in [0.717, 1.165) is 40.7 Å². The maximum atomic E-state index is 6.12. The Bertz CT molecular complexity index is 900. The summed E-state index contributed by atoms with van der Waals surface area (Å²) in [6.45, 7) is 5.27. The van der Waals surface area contributed by atoms with Crippen LogP contribution in [-0.2, 0) is 0 Å². The molecule has 0 saturated carbocycles. The van der Waals surface area contributed by atoms with Crippen molar-refractivity contribution in [2.24, 2.45) is 0 Å². The lowest BCUT2D eigenvalue weighted by Gasteiger charge is -2.38. The molecule has 0 bridgehead atoms. The zero-order chi connectivity index (χ0) is 19.7. The van der Waals surface area contributed by atoms with E-state index in [1.807, 2.05) is 36.4 Å². The quantitative estimate of drug-likeness (QED) is 0.754. The summed E-state index contributed by atoms with van der Waals surface area (Å²) in [7, 11) is 1.66. The van der Waals surface area contributed by atoms with Crippen molar-refractivity contribution in [1.29, 1.82) is 0 Å². The van der Waals surface area contributed by atoms with Gasteiger partial charge in [-0.15, -0.1) is 0 Å². The number of benzene rings is 2. The molecule has 2 heterocycles. The lowest BCUT2D eigenvalue weighted by Crippen LogP contribution is -2.42. The molecular weight excluding hydrogens is 376 g/mol. The molecule has 2 aromatic rings. The number of ether oxygens (including phenoxy) is 4. The summed E-state index contributed by atoms with van der Waals surface area (Å²) < 4.78 is 22.7. The molecule has 0 saturated heterocycles. The van der Waals surface area contributed by atoms with E-state index in [-0.39, 0.29) is 11.6 Å². The van der Waals surface area contributed by atoms with Gasteiger partial charge in [0.25, 0.3) is 0 Å². The van der Waals surface area contributed by atoms with Crippen LogP contribution in [0.4, 0.5) is 5.69 Å². The smallest absolute Gasteiger partial charge is 0.171 e. The molecule has 0 radical (unpaired) electrons. The Balaban J connectivity index is 1.51. The van der Waals surface area contributed by atoms with Crippen LogP contribution in [0.3, 0.4) is 0 Å². The summed E-state index contributed by atoms with van der Waals surface area (Å²) in [5.41, 5.74) is 1.58. The maximum absolute atomic E-state index is 6.12. The molecule has 1 atom stereocenters. The standard InChI is InChI=1S/C21H24N2O4S/c1-21(2)12-16(15-11-14(24-3)5-7-17(15)27-21)23-20(28)22-13-4-6-18-19(10-13)26-9-8-25-18/h4-7,10-11,16H,8-9,12H2,1-3H3,(H2,22,23,28)/t16-/m0/s1. The number of nitrogens with one attached hydrogen (secondary N) is 2. The molecule has 2 aliphatic heterocycles. The average Bonchev–Trinajstić information content (AvgIpc) is 2.66. The summed E-state index contributed by atoms with van der Waals surface area (Å²) in [5.74, 6) is 3.11. The normalized spacial score (nSPS) is 19.0. The average molecular weight is 401 g/mol. The van der Waals surface area contributed by atoms with Crippen LogP contribution in [0.5, 0.6) is 23.0 Å². The molecule has 4 rings (SSSR count). The van der Waals surface area contributed by atoms with Crippen LogP contribution in [0.1, 0.15) is 31.9 Å². The summed E-state index contributed by atoms with van der Waals surface area (Å²) in [6.07, 6.45) is 0.774. The Labute approximate surface area is 170 Å². The molecule has 148 valence electrons. The van der Waals surface area contributed by atoms with Gasteiger partial charge >= 0.3 is 0 Å². The fourth-order valence-corrected chi connectivity index (χ4v) is 3.80. The molecule has 28 heavy (non-hydrogen) atoms. The number of anilines is 1. The van der Waals surface area contributed by atoms with Crippen molar-refractivity contribution in [2.45, 2.75) is 31.9 Å². The van der Waals surface area contributed by atoms with Gasteiger partial charge in [0.2, 0.25) is 0 Å². The Morgan fingerprint density at radius 3 is 2.61 bits per heavy atom. The Hall–Kier alpha value is -2.67. The van der Waals surface area contributed by atoms with E-state index in [1.54, 1.807) is 7.11 Å². The first-order valence-electron chi connectivity index (χ1n) is 9.28. The molecule has 2 aromatic carbocycles. The van der Waals surface area contributed by atoms with Crippen molar-refractivity contribution >= 4 is 23.0 Å². The fraction of sp³-hybridized carbons (Fsp3) is 0.381. The molecule has 2 N–H and O–H groups in total. The second-order valence-electron chi connectivity index (χ2n) is 7.48. The lowest BCUT2D eigenvalue weighted by molar-refractivity contribution is 0.0695. The third-order valence-electron chi connectivity index (χ3n) is 4.78. The van der Waals surface area contributed by atoms with Crippen molar-refractivity contribution < 1.29 is 18.9 Å². The predicted molar refractivity (Wildman–Crippen MR) is 112 cm³/mol. The Morgan fingerprint density at radius 1 is 1.07 bits per heavy atom. The largest absolute Gasteiger partial charge is 0.497 e. The zero-order valence-corrected chi connectivity index (χ0v) is 17.0. The molecule has 0 spiro atoms. The van der Waals surface area contributed by atoms with Crippen molar-refractivity contribution in [3.05, 3.63) is 42.0 Å². The van der Waals surface area contributed by atoms with E-state index >= 15 is 0 Å². The minimum atomic E-state index is -0.300. The number of fused-ring (bicyclic) bond motifs is 2. The summed E-state index contributed by atoms with van der Waals surface area (Å²) in [5, 5.41) is 7.20. The molecule has 7 heteroatoms.